The highest BCUT2D eigenvalue weighted by molar-refractivity contribution is 5.72. The molecule has 0 spiro atoms. The van der Waals surface area contributed by atoms with Gasteiger partial charge in [-0.3, -0.25) is 0 Å². The van der Waals surface area contributed by atoms with Crippen LogP contribution in [0.1, 0.15) is 11.5 Å². The number of halogens is 1. The average Bonchev–Trinajstić information content (AvgIpc) is 2.70. The Bertz CT molecular complexity index is 706. The Morgan fingerprint density at radius 3 is 2.89 bits per heavy atom. The summed E-state index contributed by atoms with van der Waals surface area (Å²) in [5.74, 6) is 0.232. The molecule has 3 nitrogen and oxygen atoms in total. The Hall–Kier alpha value is -2.36. The molecule has 0 aliphatic heterocycles. The molecule has 3 rings (SSSR count). The van der Waals surface area contributed by atoms with Crippen molar-refractivity contribution >= 4 is 16.8 Å². The summed E-state index contributed by atoms with van der Waals surface area (Å²) < 4.78 is 18.5. The molecule has 0 unspecified atom stereocenters. The molecule has 0 saturated carbocycles. The van der Waals surface area contributed by atoms with Gasteiger partial charge in [0.25, 0.3) is 0 Å². The molecule has 0 radical (unpaired) electrons. The minimum Gasteiger partial charge on any atom is -0.440 e. The Kier molecular flexibility index (Phi) is 2.48. The highest BCUT2D eigenvalue weighted by atomic mass is 19.1. The molecule has 2 aromatic carbocycles. The van der Waals surface area contributed by atoms with E-state index in [1.54, 1.807) is 6.07 Å². The number of aromatic nitrogens is 1. The van der Waals surface area contributed by atoms with Crippen molar-refractivity contribution < 1.29 is 8.81 Å². The van der Waals surface area contributed by atoms with Gasteiger partial charge in [0.1, 0.15) is 11.3 Å². The second kappa shape index (κ2) is 4.14. The minimum absolute atomic E-state index is 0.325. The third-order valence-corrected chi connectivity index (χ3v) is 2.70. The summed E-state index contributed by atoms with van der Waals surface area (Å²) in [4.78, 5) is 4.30. The van der Waals surface area contributed by atoms with E-state index in [-0.39, 0.29) is 5.82 Å². The second-order valence-electron chi connectivity index (χ2n) is 4.14. The number of hydrogen-bond donors (Lipinski definition) is 1. The van der Waals surface area contributed by atoms with E-state index in [1.165, 1.54) is 12.1 Å². The van der Waals surface area contributed by atoms with Crippen LogP contribution in [0, 0.1) is 5.82 Å². The van der Waals surface area contributed by atoms with Crippen molar-refractivity contribution in [2.45, 2.75) is 6.42 Å². The molecule has 0 amide bonds. The van der Waals surface area contributed by atoms with Crippen LogP contribution in [0.4, 0.5) is 10.1 Å². The number of nitrogen functional groups attached to an aromatic ring is 1. The molecule has 18 heavy (non-hydrogen) atoms. The third-order valence-electron chi connectivity index (χ3n) is 2.70. The normalized spacial score (nSPS) is 10.9. The molecule has 0 atom stereocenters. The Morgan fingerprint density at radius 1 is 1.17 bits per heavy atom. The smallest absolute Gasteiger partial charge is 0.199 e. The van der Waals surface area contributed by atoms with Crippen molar-refractivity contribution in [1.29, 1.82) is 0 Å². The van der Waals surface area contributed by atoms with Gasteiger partial charge in [-0.1, -0.05) is 12.1 Å². The quantitative estimate of drug-likeness (QED) is 0.702. The first-order valence-electron chi connectivity index (χ1n) is 5.60. The van der Waals surface area contributed by atoms with Crippen molar-refractivity contribution in [3.05, 3.63) is 59.7 Å². The maximum Gasteiger partial charge on any atom is 0.199 e. The molecule has 90 valence electrons. The van der Waals surface area contributed by atoms with Gasteiger partial charge in [-0.2, -0.15) is 0 Å². The lowest BCUT2D eigenvalue weighted by Gasteiger charge is -1.98. The SMILES string of the molecule is Nc1cccc(Cc2nc3ccc(F)cc3o2)c1. The molecule has 4 heteroatoms. The lowest BCUT2D eigenvalue weighted by molar-refractivity contribution is 0.540. The maximum absolute atomic E-state index is 13.0. The standard InChI is InChI=1S/C14H11FN2O/c15-10-4-5-12-13(8-10)18-14(17-12)7-9-2-1-3-11(16)6-9/h1-6,8H,7,16H2. The van der Waals surface area contributed by atoms with Gasteiger partial charge in [-0.05, 0) is 29.8 Å². The van der Waals surface area contributed by atoms with Gasteiger partial charge in [0.15, 0.2) is 11.5 Å². The highest BCUT2D eigenvalue weighted by Gasteiger charge is 2.07. The van der Waals surface area contributed by atoms with Crippen molar-refractivity contribution in [2.75, 3.05) is 5.73 Å². The first kappa shape index (κ1) is 10.8. The van der Waals surface area contributed by atoms with Crippen molar-refractivity contribution in [1.82, 2.24) is 4.98 Å². The Labute approximate surface area is 103 Å². The predicted octanol–water partition coefficient (Wildman–Crippen LogP) is 3.14. The Balaban J connectivity index is 1.95. The van der Waals surface area contributed by atoms with Crippen LogP contribution in [0.25, 0.3) is 11.1 Å². The lowest BCUT2D eigenvalue weighted by atomic mass is 10.1. The second-order valence-corrected chi connectivity index (χ2v) is 4.14. The first-order valence-corrected chi connectivity index (χ1v) is 5.60. The van der Waals surface area contributed by atoms with E-state index < -0.39 is 0 Å². The van der Waals surface area contributed by atoms with Crippen LogP contribution >= 0.6 is 0 Å². The van der Waals surface area contributed by atoms with Crippen molar-refractivity contribution in [3.63, 3.8) is 0 Å². The molecule has 1 heterocycles. The summed E-state index contributed by atoms with van der Waals surface area (Å²) in [7, 11) is 0. The summed E-state index contributed by atoms with van der Waals surface area (Å²) in [5.41, 5.74) is 8.55. The van der Waals surface area contributed by atoms with Crippen LogP contribution in [-0.2, 0) is 6.42 Å². The molecular weight excluding hydrogens is 231 g/mol. The molecule has 0 aliphatic rings. The van der Waals surface area contributed by atoms with Crippen molar-refractivity contribution in [3.8, 4) is 0 Å². The molecule has 0 fully saturated rings. The molecule has 0 saturated heterocycles. The monoisotopic (exact) mass is 242 g/mol. The van der Waals surface area contributed by atoms with Crippen LogP contribution in [-0.4, -0.2) is 4.98 Å². The fourth-order valence-corrected chi connectivity index (χ4v) is 1.90. The summed E-state index contributed by atoms with van der Waals surface area (Å²) in [6.45, 7) is 0. The molecular formula is C14H11FN2O. The average molecular weight is 242 g/mol. The molecule has 0 bridgehead atoms. The molecule has 3 aromatic rings. The van der Waals surface area contributed by atoms with Gasteiger partial charge in [-0.25, -0.2) is 9.37 Å². The number of anilines is 1. The van der Waals surface area contributed by atoms with Gasteiger partial charge in [0, 0.05) is 18.2 Å². The highest BCUT2D eigenvalue weighted by Crippen LogP contribution is 2.19. The molecule has 1 aromatic heterocycles. The maximum atomic E-state index is 13.0. The van der Waals surface area contributed by atoms with E-state index in [9.17, 15) is 4.39 Å². The van der Waals surface area contributed by atoms with Gasteiger partial charge < -0.3 is 10.2 Å². The fraction of sp³-hybridized carbons (Fsp3) is 0.0714. The van der Waals surface area contributed by atoms with E-state index in [0.29, 0.717) is 29.1 Å². The summed E-state index contributed by atoms with van der Waals surface area (Å²) >= 11 is 0. The third kappa shape index (κ3) is 2.05. The first-order chi connectivity index (χ1) is 8.70. The number of oxazole rings is 1. The summed E-state index contributed by atoms with van der Waals surface area (Å²) in [6.07, 6.45) is 0.543. The number of fused-ring (bicyclic) bond motifs is 1. The Morgan fingerprint density at radius 2 is 2.06 bits per heavy atom. The van der Waals surface area contributed by atoms with Gasteiger partial charge in [0.05, 0.1) is 0 Å². The van der Waals surface area contributed by atoms with Crippen LogP contribution < -0.4 is 5.73 Å². The number of hydrogen-bond acceptors (Lipinski definition) is 3. The van der Waals surface area contributed by atoms with Crippen LogP contribution in [0.2, 0.25) is 0 Å². The van der Waals surface area contributed by atoms with Gasteiger partial charge in [-0.15, -0.1) is 0 Å². The zero-order valence-corrected chi connectivity index (χ0v) is 9.56. The molecule has 2 N–H and O–H groups in total. The van der Waals surface area contributed by atoms with Gasteiger partial charge >= 0.3 is 0 Å². The number of benzene rings is 2. The minimum atomic E-state index is -0.325. The zero-order valence-electron chi connectivity index (χ0n) is 9.56. The van der Waals surface area contributed by atoms with Crippen molar-refractivity contribution in [2.24, 2.45) is 0 Å². The van der Waals surface area contributed by atoms with Crippen LogP contribution in [0.5, 0.6) is 0 Å². The van der Waals surface area contributed by atoms with E-state index in [1.807, 2.05) is 24.3 Å². The van der Waals surface area contributed by atoms with E-state index >= 15 is 0 Å². The number of nitrogens with zero attached hydrogens (tertiary/aromatic N) is 1. The largest absolute Gasteiger partial charge is 0.440 e. The predicted molar refractivity (Wildman–Crippen MR) is 67.6 cm³/mol. The molecule has 0 aliphatic carbocycles. The van der Waals surface area contributed by atoms with E-state index in [4.69, 9.17) is 10.2 Å². The number of rotatable bonds is 2. The summed E-state index contributed by atoms with van der Waals surface area (Å²) in [5, 5.41) is 0. The number of nitrogens with two attached hydrogens (primary N) is 1. The summed E-state index contributed by atoms with van der Waals surface area (Å²) in [6, 6.07) is 11.8. The topological polar surface area (TPSA) is 52.0 Å². The van der Waals surface area contributed by atoms with E-state index in [2.05, 4.69) is 4.98 Å². The lowest BCUT2D eigenvalue weighted by Crippen LogP contribution is -1.90. The van der Waals surface area contributed by atoms with Gasteiger partial charge in [0.2, 0.25) is 0 Å². The van der Waals surface area contributed by atoms with Crippen LogP contribution in [0.15, 0.2) is 46.9 Å². The fourth-order valence-electron chi connectivity index (χ4n) is 1.90. The van der Waals surface area contributed by atoms with Crippen LogP contribution in [0.3, 0.4) is 0 Å². The van der Waals surface area contributed by atoms with E-state index in [0.717, 1.165) is 5.56 Å². The zero-order chi connectivity index (χ0) is 12.5.